The Bertz CT molecular complexity index is 1800. The SMILES string of the molecule is CC(=O)O[C@H]1CC[C@@]2(C)C(=CC[C@H]3[C@@H]4C[C@@H]5O[C@H](CC[C@@H](C)CNCCCNC[C@H](C)CC[C@H]6O[C@H]7C[C@H]8[C@@H]9CC=C%10C[C@@H](OC(C)=O)CC[C@]%10(C)[C@H]9CC[C@]8(C)[C@H]7[C@@H]6C)[C@@H](C)[C@@H]5[C@@]4(C)CC[C@@H]32)C1. The number of esters is 2. The monoisotopic (exact) mass is 955 g/mol. The molecule has 22 atom stereocenters. The molecule has 8 heteroatoms. The lowest BCUT2D eigenvalue weighted by atomic mass is 9.47. The molecule has 10 rings (SSSR count). The third kappa shape index (κ3) is 9.22. The van der Waals surface area contributed by atoms with Gasteiger partial charge < -0.3 is 29.6 Å². The zero-order valence-electron chi connectivity index (χ0n) is 45.3. The summed E-state index contributed by atoms with van der Waals surface area (Å²) >= 11 is 0. The average molecular weight is 955 g/mol. The van der Waals surface area contributed by atoms with Gasteiger partial charge in [-0.15, -0.1) is 0 Å². The van der Waals surface area contributed by atoms with Gasteiger partial charge >= 0.3 is 11.9 Å². The number of carbonyl (C=O) groups is 2. The highest BCUT2D eigenvalue weighted by Crippen LogP contribution is 2.71. The molecule has 2 aliphatic heterocycles. The van der Waals surface area contributed by atoms with Gasteiger partial charge in [-0.25, -0.2) is 0 Å². The summed E-state index contributed by atoms with van der Waals surface area (Å²) in [6.45, 7) is 27.9. The Balaban J connectivity index is 0.597. The smallest absolute Gasteiger partial charge is 0.302 e. The first-order valence-corrected chi connectivity index (χ1v) is 29.4. The number of allylic oxidation sites excluding steroid dienone is 2. The first-order chi connectivity index (χ1) is 32.9. The lowest BCUT2D eigenvalue weighted by Gasteiger charge is -2.58. The molecule has 10 aliphatic rings. The summed E-state index contributed by atoms with van der Waals surface area (Å²) in [4.78, 5) is 23.5. The lowest BCUT2D eigenvalue weighted by molar-refractivity contribution is -0.149. The van der Waals surface area contributed by atoms with E-state index in [1.807, 2.05) is 0 Å². The highest BCUT2D eigenvalue weighted by atomic mass is 16.5. The molecule has 2 heterocycles. The van der Waals surface area contributed by atoms with Crippen LogP contribution >= 0.6 is 0 Å². The molecular weight excluding hydrogens is 857 g/mol. The van der Waals surface area contributed by atoms with Crippen LogP contribution in [0.2, 0.25) is 0 Å². The maximum absolute atomic E-state index is 11.7. The number of rotatable bonds is 16. The van der Waals surface area contributed by atoms with Crippen LogP contribution in [0, 0.1) is 92.7 Å². The van der Waals surface area contributed by atoms with Crippen molar-refractivity contribution >= 4 is 11.9 Å². The van der Waals surface area contributed by atoms with Crippen molar-refractivity contribution in [3.05, 3.63) is 23.3 Å². The second-order valence-electron chi connectivity index (χ2n) is 27.4. The second kappa shape index (κ2) is 19.8. The van der Waals surface area contributed by atoms with Gasteiger partial charge in [0.2, 0.25) is 0 Å². The van der Waals surface area contributed by atoms with E-state index in [2.05, 4.69) is 78.2 Å². The van der Waals surface area contributed by atoms with Gasteiger partial charge in [-0.1, -0.05) is 78.7 Å². The Morgan fingerprint density at radius 1 is 0.638 bits per heavy atom. The predicted molar refractivity (Wildman–Crippen MR) is 275 cm³/mol. The molecule has 388 valence electrons. The van der Waals surface area contributed by atoms with Gasteiger partial charge in [0.1, 0.15) is 12.2 Å². The highest BCUT2D eigenvalue weighted by molar-refractivity contribution is 5.66. The van der Waals surface area contributed by atoms with E-state index >= 15 is 0 Å². The van der Waals surface area contributed by atoms with Gasteiger partial charge in [0.25, 0.3) is 0 Å². The molecule has 0 aromatic heterocycles. The average Bonchev–Trinajstić information content (AvgIpc) is 4.00. The molecule has 8 nitrogen and oxygen atoms in total. The Labute approximate surface area is 419 Å². The molecule has 0 aromatic carbocycles. The maximum atomic E-state index is 11.7. The predicted octanol–water partition coefficient (Wildman–Crippen LogP) is 12.4. The van der Waals surface area contributed by atoms with E-state index in [4.69, 9.17) is 18.9 Å². The molecule has 6 saturated carbocycles. The van der Waals surface area contributed by atoms with Crippen molar-refractivity contribution < 1.29 is 28.5 Å². The molecule has 8 aliphatic carbocycles. The first kappa shape index (κ1) is 50.8. The van der Waals surface area contributed by atoms with Gasteiger partial charge in [0.05, 0.1) is 24.4 Å². The van der Waals surface area contributed by atoms with E-state index in [0.717, 1.165) is 100 Å². The van der Waals surface area contributed by atoms with Crippen LogP contribution in [0.4, 0.5) is 0 Å². The highest BCUT2D eigenvalue weighted by Gasteiger charge is 2.67. The Morgan fingerprint density at radius 2 is 1.06 bits per heavy atom. The van der Waals surface area contributed by atoms with Crippen molar-refractivity contribution in [1.29, 1.82) is 0 Å². The summed E-state index contributed by atoms with van der Waals surface area (Å²) in [5.74, 6) is 8.38. The fourth-order valence-electron chi connectivity index (χ4n) is 20.1. The number of carbonyl (C=O) groups excluding carboxylic acids is 2. The normalized spacial score (nSPS) is 48.0. The molecule has 0 radical (unpaired) electrons. The van der Waals surface area contributed by atoms with E-state index in [1.54, 1.807) is 25.0 Å². The zero-order chi connectivity index (χ0) is 48.6. The fraction of sp³-hybridized carbons (Fsp3) is 0.902. The molecule has 0 spiro atoms. The van der Waals surface area contributed by atoms with Crippen LogP contribution in [-0.4, -0.2) is 74.7 Å². The number of hydrogen-bond donors (Lipinski definition) is 2. The van der Waals surface area contributed by atoms with Gasteiger partial charge in [-0.3, -0.25) is 9.59 Å². The van der Waals surface area contributed by atoms with E-state index in [1.165, 1.54) is 83.5 Å². The summed E-state index contributed by atoms with van der Waals surface area (Å²) in [5.41, 5.74) is 4.52. The van der Waals surface area contributed by atoms with E-state index in [9.17, 15) is 9.59 Å². The summed E-state index contributed by atoms with van der Waals surface area (Å²) in [6, 6.07) is 0. The van der Waals surface area contributed by atoms with Gasteiger partial charge in [0.15, 0.2) is 0 Å². The quantitative estimate of drug-likeness (QED) is 0.0897. The molecule has 0 amide bonds. The Morgan fingerprint density at radius 3 is 1.46 bits per heavy atom. The van der Waals surface area contributed by atoms with Crippen molar-refractivity contribution in [1.82, 2.24) is 10.6 Å². The molecule has 0 aromatic rings. The molecule has 8 fully saturated rings. The molecule has 2 N–H and O–H groups in total. The third-order valence-corrected chi connectivity index (χ3v) is 23.5. The first-order valence-electron chi connectivity index (χ1n) is 29.4. The minimum Gasteiger partial charge on any atom is -0.462 e. The van der Waals surface area contributed by atoms with Crippen LogP contribution in [0.3, 0.4) is 0 Å². The zero-order valence-corrected chi connectivity index (χ0v) is 45.3. The summed E-state index contributed by atoms with van der Waals surface area (Å²) in [7, 11) is 0. The third-order valence-electron chi connectivity index (χ3n) is 23.5. The summed E-state index contributed by atoms with van der Waals surface area (Å²) < 4.78 is 25.6. The molecular formula is C61H98N2O6. The van der Waals surface area contributed by atoms with E-state index < -0.39 is 0 Å². The van der Waals surface area contributed by atoms with Crippen LogP contribution in [0.15, 0.2) is 23.3 Å². The molecule has 0 bridgehead atoms. The molecule has 69 heavy (non-hydrogen) atoms. The summed E-state index contributed by atoms with van der Waals surface area (Å²) in [6.07, 6.45) is 29.7. The number of ether oxygens (including phenoxy) is 4. The van der Waals surface area contributed by atoms with Crippen molar-refractivity contribution in [2.45, 2.75) is 228 Å². The topological polar surface area (TPSA) is 95.1 Å². The number of fused-ring (bicyclic) bond motifs is 14. The fourth-order valence-corrected chi connectivity index (χ4v) is 20.1. The second-order valence-corrected chi connectivity index (χ2v) is 27.4. The molecule has 0 unspecified atom stereocenters. The largest absolute Gasteiger partial charge is 0.462 e. The Kier molecular flexibility index (Phi) is 14.6. The number of nitrogens with one attached hydrogen (secondary N) is 2. The standard InChI is InChI=1S/C61H98N2O6/c1-36(12-18-52-38(3)56-54(68-52)32-50-46-16-14-42-30-44(66-40(5)64)20-24-58(42,7)48(46)22-26-60(50,56)9)34-62-28-11-29-63-35-37(2)13-19-53-39(4)57-55(69-53)33-51-47-17-15-43-31-45(67-41(6)65)21-25-59(43,8)49(47)23-27-61(51,57)10/h14-15,36-39,44-57,62-63H,11-13,16-35H2,1-10H3/t36-,37-,38-,39-,44+,45+,46-,47-,48+,49+,50+,51+,52-,53-,54+,55+,56+,57+,58+,59+,60+,61+/m1/s1. The minimum absolute atomic E-state index is 0.0745. The molecule has 2 saturated heterocycles. The maximum Gasteiger partial charge on any atom is 0.302 e. The lowest BCUT2D eigenvalue weighted by Crippen LogP contribution is -2.51. The van der Waals surface area contributed by atoms with Crippen LogP contribution in [0.1, 0.15) is 191 Å². The van der Waals surface area contributed by atoms with Crippen LogP contribution in [-0.2, 0) is 28.5 Å². The van der Waals surface area contributed by atoms with Crippen LogP contribution in [0.5, 0.6) is 0 Å². The van der Waals surface area contributed by atoms with E-state index in [0.29, 0.717) is 70.8 Å². The van der Waals surface area contributed by atoms with Crippen LogP contribution < -0.4 is 10.6 Å². The summed E-state index contributed by atoms with van der Waals surface area (Å²) in [5, 5.41) is 7.61. The van der Waals surface area contributed by atoms with Crippen molar-refractivity contribution in [2.75, 3.05) is 26.2 Å². The number of hydrogen-bond acceptors (Lipinski definition) is 8. The van der Waals surface area contributed by atoms with Crippen molar-refractivity contribution in [3.63, 3.8) is 0 Å². The van der Waals surface area contributed by atoms with Gasteiger partial charge in [-0.05, 0) is 228 Å². The Hall–Kier alpha value is -1.74. The minimum atomic E-state index is -0.129. The van der Waals surface area contributed by atoms with Crippen LogP contribution in [0.25, 0.3) is 0 Å². The van der Waals surface area contributed by atoms with Crippen molar-refractivity contribution in [3.8, 4) is 0 Å². The van der Waals surface area contributed by atoms with E-state index in [-0.39, 0.29) is 35.0 Å². The van der Waals surface area contributed by atoms with Gasteiger partial charge in [-0.2, -0.15) is 0 Å². The van der Waals surface area contributed by atoms with Crippen molar-refractivity contribution in [2.24, 2.45) is 92.7 Å². The van der Waals surface area contributed by atoms with Gasteiger partial charge in [0, 0.05) is 26.7 Å².